The minimum Gasteiger partial charge on any atom is -0.350 e. The Bertz CT molecular complexity index is 446. The van der Waals surface area contributed by atoms with E-state index in [2.05, 4.69) is 48.7 Å². The smallest absolute Gasteiger partial charge is 0.237 e. The molecule has 0 spiro atoms. The van der Waals surface area contributed by atoms with Crippen LogP contribution in [0.15, 0.2) is 30.3 Å². The molecule has 3 nitrogen and oxygen atoms in total. The highest BCUT2D eigenvalue weighted by atomic mass is 16.2. The van der Waals surface area contributed by atoms with E-state index in [0.29, 0.717) is 0 Å². The van der Waals surface area contributed by atoms with Gasteiger partial charge in [0.15, 0.2) is 0 Å². The van der Waals surface area contributed by atoms with E-state index < -0.39 is 0 Å². The van der Waals surface area contributed by atoms with Gasteiger partial charge in [0.05, 0.1) is 6.04 Å². The second-order valence-electron chi connectivity index (χ2n) is 7.47. The summed E-state index contributed by atoms with van der Waals surface area (Å²) in [5.74, 6) is 0.0512. The number of carbonyl (C=O) groups is 1. The number of hydrogen-bond acceptors (Lipinski definition) is 2. The van der Waals surface area contributed by atoms with E-state index >= 15 is 0 Å². The fourth-order valence-electron chi connectivity index (χ4n) is 2.30. The van der Waals surface area contributed by atoms with Gasteiger partial charge < -0.3 is 10.6 Å². The molecular formula is C18H30N2O. The van der Waals surface area contributed by atoms with E-state index in [1.807, 2.05) is 33.8 Å². The molecule has 118 valence electrons. The number of rotatable bonds is 6. The lowest BCUT2D eigenvalue weighted by Crippen LogP contribution is -2.54. The Kier molecular flexibility index (Phi) is 5.97. The molecule has 3 heteroatoms. The molecule has 0 radical (unpaired) electrons. The van der Waals surface area contributed by atoms with Gasteiger partial charge in [0.25, 0.3) is 0 Å². The Morgan fingerprint density at radius 1 is 1.10 bits per heavy atom. The van der Waals surface area contributed by atoms with Crippen LogP contribution in [0.3, 0.4) is 0 Å². The third-order valence-corrected chi connectivity index (χ3v) is 3.38. The van der Waals surface area contributed by atoms with Crippen LogP contribution in [0.4, 0.5) is 0 Å². The summed E-state index contributed by atoms with van der Waals surface area (Å²) >= 11 is 0. The van der Waals surface area contributed by atoms with Gasteiger partial charge in [0, 0.05) is 11.1 Å². The molecule has 0 aromatic heterocycles. The highest BCUT2D eigenvalue weighted by Crippen LogP contribution is 2.14. The van der Waals surface area contributed by atoms with Gasteiger partial charge in [-0.15, -0.1) is 0 Å². The lowest BCUT2D eigenvalue weighted by molar-refractivity contribution is -0.124. The maximum absolute atomic E-state index is 12.1. The number of nitrogens with one attached hydrogen (secondary N) is 2. The first-order chi connectivity index (χ1) is 9.59. The standard InChI is InChI=1S/C18H30N2O/c1-14(16(21)20-17(2,3)4)19-18(5,6)13-12-15-10-8-7-9-11-15/h7-11,14,19H,12-13H2,1-6H3,(H,20,21). The van der Waals surface area contributed by atoms with Gasteiger partial charge >= 0.3 is 0 Å². The van der Waals surface area contributed by atoms with Crippen LogP contribution in [0.1, 0.15) is 53.5 Å². The first kappa shape index (κ1) is 17.7. The number of aryl methyl sites for hydroxylation is 1. The monoisotopic (exact) mass is 290 g/mol. The first-order valence-electron chi connectivity index (χ1n) is 7.73. The van der Waals surface area contributed by atoms with Crippen molar-refractivity contribution in [3.05, 3.63) is 35.9 Å². The van der Waals surface area contributed by atoms with Crippen LogP contribution in [0.2, 0.25) is 0 Å². The molecule has 1 amide bonds. The first-order valence-corrected chi connectivity index (χ1v) is 7.73. The predicted molar refractivity (Wildman–Crippen MR) is 89.3 cm³/mol. The van der Waals surface area contributed by atoms with Crippen LogP contribution < -0.4 is 10.6 Å². The molecule has 0 saturated carbocycles. The number of carbonyl (C=O) groups excluding carboxylic acids is 1. The summed E-state index contributed by atoms with van der Waals surface area (Å²) in [7, 11) is 0. The van der Waals surface area contributed by atoms with E-state index in [0.717, 1.165) is 12.8 Å². The van der Waals surface area contributed by atoms with Crippen molar-refractivity contribution in [2.24, 2.45) is 0 Å². The van der Waals surface area contributed by atoms with Crippen molar-refractivity contribution >= 4 is 5.91 Å². The average molecular weight is 290 g/mol. The van der Waals surface area contributed by atoms with Crippen molar-refractivity contribution in [1.29, 1.82) is 0 Å². The average Bonchev–Trinajstić information content (AvgIpc) is 2.35. The molecule has 1 aromatic rings. The second-order valence-corrected chi connectivity index (χ2v) is 7.47. The van der Waals surface area contributed by atoms with E-state index in [1.54, 1.807) is 0 Å². The van der Waals surface area contributed by atoms with Gasteiger partial charge in [0.2, 0.25) is 5.91 Å². The van der Waals surface area contributed by atoms with E-state index in [4.69, 9.17) is 0 Å². The third kappa shape index (κ3) is 7.28. The molecule has 0 aliphatic heterocycles. The quantitative estimate of drug-likeness (QED) is 0.844. The van der Waals surface area contributed by atoms with Crippen molar-refractivity contribution in [3.63, 3.8) is 0 Å². The molecule has 1 rings (SSSR count). The minimum absolute atomic E-state index is 0.0512. The number of amides is 1. The number of hydrogen-bond donors (Lipinski definition) is 2. The summed E-state index contributed by atoms with van der Waals surface area (Å²) < 4.78 is 0. The van der Waals surface area contributed by atoms with E-state index in [9.17, 15) is 4.79 Å². The van der Waals surface area contributed by atoms with E-state index in [1.165, 1.54) is 5.56 Å². The van der Waals surface area contributed by atoms with Gasteiger partial charge in [-0.05, 0) is 59.9 Å². The van der Waals surface area contributed by atoms with Crippen molar-refractivity contribution in [2.45, 2.75) is 71.5 Å². The molecule has 1 atom stereocenters. The predicted octanol–water partition coefficient (Wildman–Crippen LogP) is 3.29. The van der Waals surface area contributed by atoms with Crippen molar-refractivity contribution < 1.29 is 4.79 Å². The zero-order valence-electron chi connectivity index (χ0n) is 14.3. The van der Waals surface area contributed by atoms with Crippen LogP contribution >= 0.6 is 0 Å². The molecule has 1 aromatic carbocycles. The van der Waals surface area contributed by atoms with Crippen molar-refractivity contribution in [1.82, 2.24) is 10.6 Å². The summed E-state index contributed by atoms with van der Waals surface area (Å²) in [6.45, 7) is 12.2. The topological polar surface area (TPSA) is 41.1 Å². The lowest BCUT2D eigenvalue weighted by atomic mass is 9.94. The van der Waals surface area contributed by atoms with Gasteiger partial charge in [-0.1, -0.05) is 30.3 Å². The molecule has 1 unspecified atom stereocenters. The lowest BCUT2D eigenvalue weighted by Gasteiger charge is -2.31. The Morgan fingerprint density at radius 2 is 1.67 bits per heavy atom. The summed E-state index contributed by atoms with van der Waals surface area (Å²) in [6.07, 6.45) is 2.00. The van der Waals surface area contributed by atoms with Crippen molar-refractivity contribution in [3.8, 4) is 0 Å². The fraction of sp³-hybridized carbons (Fsp3) is 0.611. The van der Waals surface area contributed by atoms with Crippen LogP contribution in [-0.2, 0) is 11.2 Å². The maximum atomic E-state index is 12.1. The molecule has 21 heavy (non-hydrogen) atoms. The van der Waals surface area contributed by atoms with Crippen LogP contribution in [0.5, 0.6) is 0 Å². The van der Waals surface area contributed by atoms with E-state index in [-0.39, 0.29) is 23.0 Å². The Morgan fingerprint density at radius 3 is 2.19 bits per heavy atom. The zero-order chi connectivity index (χ0) is 16.1. The van der Waals surface area contributed by atoms with Gasteiger partial charge in [-0.3, -0.25) is 4.79 Å². The molecular weight excluding hydrogens is 260 g/mol. The summed E-state index contributed by atoms with van der Waals surface area (Å²) in [4.78, 5) is 12.1. The summed E-state index contributed by atoms with van der Waals surface area (Å²) in [6, 6.07) is 10.3. The second kappa shape index (κ2) is 7.08. The highest BCUT2D eigenvalue weighted by molar-refractivity contribution is 5.82. The van der Waals surface area contributed by atoms with Gasteiger partial charge in [-0.2, -0.15) is 0 Å². The fourth-order valence-corrected chi connectivity index (χ4v) is 2.30. The number of benzene rings is 1. The Hall–Kier alpha value is -1.35. The molecule has 0 heterocycles. The zero-order valence-corrected chi connectivity index (χ0v) is 14.3. The minimum atomic E-state index is -0.199. The van der Waals surface area contributed by atoms with Crippen LogP contribution in [0, 0.1) is 0 Å². The molecule has 2 N–H and O–H groups in total. The molecule has 0 fully saturated rings. The molecule has 0 bridgehead atoms. The molecule has 0 saturated heterocycles. The molecule has 0 aliphatic rings. The SMILES string of the molecule is CC(NC(C)(C)CCc1ccccc1)C(=O)NC(C)(C)C. The Labute approximate surface area is 129 Å². The molecule has 0 aliphatic carbocycles. The highest BCUT2D eigenvalue weighted by Gasteiger charge is 2.25. The van der Waals surface area contributed by atoms with Gasteiger partial charge in [-0.25, -0.2) is 0 Å². The summed E-state index contributed by atoms with van der Waals surface area (Å²) in [5.41, 5.74) is 1.06. The Balaban J connectivity index is 2.49. The largest absolute Gasteiger partial charge is 0.350 e. The van der Waals surface area contributed by atoms with Gasteiger partial charge in [0.1, 0.15) is 0 Å². The maximum Gasteiger partial charge on any atom is 0.237 e. The van der Waals surface area contributed by atoms with Crippen molar-refractivity contribution in [2.75, 3.05) is 0 Å². The van der Waals surface area contributed by atoms with Crippen LogP contribution in [-0.4, -0.2) is 23.0 Å². The van der Waals surface area contributed by atoms with Crippen LogP contribution in [0.25, 0.3) is 0 Å². The summed E-state index contributed by atoms with van der Waals surface area (Å²) in [5, 5.41) is 6.45. The third-order valence-electron chi connectivity index (χ3n) is 3.38. The normalized spacial score (nSPS) is 13.8.